The minimum atomic E-state index is -0.270. The Hall–Kier alpha value is -1.55. The van der Waals surface area contributed by atoms with Crippen LogP contribution < -0.4 is 15.4 Å². The van der Waals surface area contributed by atoms with Crippen molar-refractivity contribution in [1.29, 1.82) is 0 Å². The van der Waals surface area contributed by atoms with Crippen LogP contribution in [0.25, 0.3) is 0 Å². The molecule has 1 aromatic rings. The smallest absolute Gasteiger partial charge is 0.226 e. The Morgan fingerprint density at radius 1 is 1.14 bits per heavy atom. The van der Waals surface area contributed by atoms with Gasteiger partial charge in [0.2, 0.25) is 5.91 Å². The second-order valence-electron chi connectivity index (χ2n) is 10.1. The molecule has 4 nitrogen and oxygen atoms in total. The van der Waals surface area contributed by atoms with E-state index in [9.17, 15) is 4.79 Å². The van der Waals surface area contributed by atoms with Crippen LogP contribution in [0.2, 0.25) is 0 Å². The van der Waals surface area contributed by atoms with E-state index in [4.69, 9.17) is 4.74 Å². The van der Waals surface area contributed by atoms with Gasteiger partial charge in [0.15, 0.2) is 0 Å². The van der Waals surface area contributed by atoms with Crippen molar-refractivity contribution in [2.24, 2.45) is 17.3 Å². The van der Waals surface area contributed by atoms with Crippen molar-refractivity contribution in [3.05, 3.63) is 29.8 Å². The van der Waals surface area contributed by atoms with E-state index < -0.39 is 0 Å². The highest BCUT2D eigenvalue weighted by Crippen LogP contribution is 2.58. The third-order valence-electron chi connectivity index (χ3n) is 7.55. The van der Waals surface area contributed by atoms with Gasteiger partial charge in [0.05, 0.1) is 7.11 Å². The second-order valence-corrected chi connectivity index (χ2v) is 10.1. The average molecular weight is 385 g/mol. The molecule has 3 aliphatic rings. The normalized spacial score (nSPS) is 36.0. The van der Waals surface area contributed by atoms with Gasteiger partial charge >= 0.3 is 0 Å². The molecule has 4 unspecified atom stereocenters. The van der Waals surface area contributed by atoms with Gasteiger partial charge in [-0.15, -0.1) is 0 Å². The van der Waals surface area contributed by atoms with Gasteiger partial charge in [-0.1, -0.05) is 26.0 Å². The van der Waals surface area contributed by atoms with Crippen molar-refractivity contribution in [1.82, 2.24) is 10.6 Å². The first kappa shape index (κ1) is 19.8. The first-order chi connectivity index (χ1) is 13.4. The number of ether oxygens (including phenoxy) is 1. The predicted octanol–water partition coefficient (Wildman–Crippen LogP) is 4.04. The minimum Gasteiger partial charge on any atom is -0.497 e. The third kappa shape index (κ3) is 3.80. The lowest BCUT2D eigenvalue weighted by Gasteiger charge is -2.54. The molecule has 0 aromatic heterocycles. The maximum Gasteiger partial charge on any atom is 0.226 e. The largest absolute Gasteiger partial charge is 0.497 e. The standard InChI is InChI=1S/C24H36N2O2/c1-17-12-18-14-23(2,22(27)26-20-8-10-25-11-9-20)16-24(13-17,15-18)19-4-6-21(28-3)7-5-19/h4-7,17-18,20,25H,8-16H2,1-3H3,(H,26,27). The van der Waals surface area contributed by atoms with Gasteiger partial charge in [0.25, 0.3) is 0 Å². The number of nitrogens with one attached hydrogen (secondary N) is 2. The summed E-state index contributed by atoms with van der Waals surface area (Å²) in [4.78, 5) is 13.4. The van der Waals surface area contributed by atoms with Gasteiger partial charge in [-0.2, -0.15) is 0 Å². The molecule has 0 radical (unpaired) electrons. The Morgan fingerprint density at radius 3 is 2.54 bits per heavy atom. The summed E-state index contributed by atoms with van der Waals surface area (Å²) in [6, 6.07) is 8.98. The topological polar surface area (TPSA) is 50.4 Å². The number of benzene rings is 1. The van der Waals surface area contributed by atoms with Crippen LogP contribution in [0.3, 0.4) is 0 Å². The maximum atomic E-state index is 13.4. The van der Waals surface area contributed by atoms with Crippen molar-refractivity contribution in [2.45, 2.75) is 70.3 Å². The number of carbonyl (C=O) groups is 1. The number of fused-ring (bicyclic) bond motifs is 2. The summed E-state index contributed by atoms with van der Waals surface area (Å²) in [6.45, 7) is 6.64. The lowest BCUT2D eigenvalue weighted by atomic mass is 9.50. The molecule has 2 N–H and O–H groups in total. The minimum absolute atomic E-state index is 0.118. The van der Waals surface area contributed by atoms with E-state index in [0.717, 1.165) is 50.4 Å². The van der Waals surface area contributed by atoms with Crippen LogP contribution >= 0.6 is 0 Å². The molecule has 1 aliphatic heterocycles. The molecular formula is C24H36N2O2. The van der Waals surface area contributed by atoms with Gasteiger partial charge < -0.3 is 15.4 Å². The number of methoxy groups -OCH3 is 1. The van der Waals surface area contributed by atoms with Crippen LogP contribution in [-0.4, -0.2) is 32.1 Å². The highest BCUT2D eigenvalue weighted by Gasteiger charge is 2.53. The number of hydrogen-bond acceptors (Lipinski definition) is 3. The zero-order chi connectivity index (χ0) is 19.8. The van der Waals surface area contributed by atoms with Gasteiger partial charge in [-0.05, 0) is 93.0 Å². The molecule has 4 heteroatoms. The lowest BCUT2D eigenvalue weighted by Crippen LogP contribution is -2.54. The molecule has 1 heterocycles. The van der Waals surface area contributed by atoms with Crippen LogP contribution in [0, 0.1) is 17.3 Å². The number of carbonyl (C=O) groups excluding carboxylic acids is 1. The number of rotatable bonds is 4. The van der Waals surface area contributed by atoms with Crippen molar-refractivity contribution < 1.29 is 9.53 Å². The van der Waals surface area contributed by atoms with Crippen LogP contribution in [0.1, 0.15) is 64.4 Å². The van der Waals surface area contributed by atoms with Crippen LogP contribution in [0.4, 0.5) is 0 Å². The number of piperidine rings is 1. The first-order valence-corrected chi connectivity index (χ1v) is 11.1. The van der Waals surface area contributed by atoms with Gasteiger partial charge in [0.1, 0.15) is 5.75 Å². The summed E-state index contributed by atoms with van der Waals surface area (Å²) in [6.07, 6.45) is 7.76. The highest BCUT2D eigenvalue weighted by molar-refractivity contribution is 5.83. The summed E-state index contributed by atoms with van der Waals surface area (Å²) in [5.74, 6) is 2.56. The van der Waals surface area contributed by atoms with E-state index in [1.165, 1.54) is 24.8 Å². The fourth-order valence-corrected chi connectivity index (χ4v) is 6.58. The molecule has 2 aliphatic carbocycles. The Morgan fingerprint density at radius 2 is 1.86 bits per heavy atom. The lowest BCUT2D eigenvalue weighted by molar-refractivity contribution is -0.137. The molecular weight excluding hydrogens is 348 g/mol. The van der Waals surface area contributed by atoms with Crippen LogP contribution in [0.15, 0.2) is 24.3 Å². The Labute approximate surface area is 169 Å². The zero-order valence-corrected chi connectivity index (χ0v) is 17.7. The van der Waals surface area contributed by atoms with E-state index in [2.05, 4.69) is 48.7 Å². The van der Waals surface area contributed by atoms with Gasteiger partial charge in [0, 0.05) is 11.5 Å². The van der Waals surface area contributed by atoms with E-state index in [0.29, 0.717) is 12.0 Å². The molecule has 2 bridgehead atoms. The van der Waals surface area contributed by atoms with Crippen molar-refractivity contribution >= 4 is 5.91 Å². The quantitative estimate of drug-likeness (QED) is 0.824. The number of amides is 1. The van der Waals surface area contributed by atoms with E-state index in [-0.39, 0.29) is 16.7 Å². The molecule has 0 spiro atoms. The molecule has 3 fully saturated rings. The average Bonchev–Trinajstić information content (AvgIpc) is 2.67. The SMILES string of the molecule is COc1ccc(C23CC(C)CC(CC(C)(C(=O)NC4CCNCC4)C2)C3)cc1. The zero-order valence-electron chi connectivity index (χ0n) is 17.7. The molecule has 1 aromatic carbocycles. The van der Waals surface area contributed by atoms with Crippen LogP contribution in [0.5, 0.6) is 5.75 Å². The Bertz CT molecular complexity index is 693. The van der Waals surface area contributed by atoms with E-state index in [1.54, 1.807) is 7.11 Å². The highest BCUT2D eigenvalue weighted by atomic mass is 16.5. The number of hydrogen-bond donors (Lipinski definition) is 2. The molecule has 1 amide bonds. The van der Waals surface area contributed by atoms with Gasteiger partial charge in [-0.25, -0.2) is 0 Å². The van der Waals surface area contributed by atoms with E-state index >= 15 is 0 Å². The van der Waals surface area contributed by atoms with Crippen molar-refractivity contribution in [3.63, 3.8) is 0 Å². The Kier molecular flexibility index (Phi) is 5.43. The van der Waals surface area contributed by atoms with Gasteiger partial charge in [-0.3, -0.25) is 4.79 Å². The Balaban J connectivity index is 1.59. The molecule has 4 rings (SSSR count). The summed E-state index contributed by atoms with van der Waals surface area (Å²) in [7, 11) is 1.72. The summed E-state index contributed by atoms with van der Waals surface area (Å²) in [5.41, 5.74) is 1.24. The predicted molar refractivity (Wildman–Crippen MR) is 113 cm³/mol. The second kappa shape index (κ2) is 7.70. The molecule has 4 atom stereocenters. The summed E-state index contributed by atoms with van der Waals surface area (Å²) < 4.78 is 5.37. The van der Waals surface area contributed by atoms with Crippen molar-refractivity contribution in [2.75, 3.05) is 20.2 Å². The van der Waals surface area contributed by atoms with Crippen molar-refractivity contribution in [3.8, 4) is 5.75 Å². The monoisotopic (exact) mass is 384 g/mol. The molecule has 28 heavy (non-hydrogen) atoms. The first-order valence-electron chi connectivity index (χ1n) is 11.1. The molecule has 1 saturated heterocycles. The maximum absolute atomic E-state index is 13.4. The van der Waals surface area contributed by atoms with E-state index in [1.807, 2.05) is 0 Å². The summed E-state index contributed by atoms with van der Waals surface area (Å²) >= 11 is 0. The third-order valence-corrected chi connectivity index (χ3v) is 7.55. The molecule has 154 valence electrons. The molecule has 2 saturated carbocycles. The summed E-state index contributed by atoms with van der Waals surface area (Å²) in [5, 5.41) is 6.81. The van der Waals surface area contributed by atoms with Crippen LogP contribution in [-0.2, 0) is 10.2 Å². The fourth-order valence-electron chi connectivity index (χ4n) is 6.58. The fraction of sp³-hybridized carbons (Fsp3) is 0.708.